The molecule has 1 aromatic heterocycles. The molecule has 1 aliphatic heterocycles. The van der Waals surface area contributed by atoms with Gasteiger partial charge in [0.15, 0.2) is 0 Å². The maximum absolute atomic E-state index is 12.9. The number of rotatable bonds is 5. The minimum absolute atomic E-state index is 0.00219. The monoisotopic (exact) mass is 340 g/mol. The molecule has 2 aromatic rings. The molecule has 1 aliphatic rings. The van der Waals surface area contributed by atoms with Gasteiger partial charge in [0.25, 0.3) is 5.91 Å². The Balaban J connectivity index is 1.77. The lowest BCUT2D eigenvalue weighted by atomic mass is 9.98. The van der Waals surface area contributed by atoms with E-state index in [0.717, 1.165) is 24.2 Å². The summed E-state index contributed by atoms with van der Waals surface area (Å²) in [6, 6.07) is 7.53. The Kier molecular flexibility index (Phi) is 5.16. The van der Waals surface area contributed by atoms with E-state index in [1.54, 1.807) is 12.4 Å². The third-order valence-electron chi connectivity index (χ3n) is 4.66. The molecular weight excluding hydrogens is 316 g/mol. The largest absolute Gasteiger partial charge is 0.351 e. The van der Waals surface area contributed by atoms with Gasteiger partial charge in [0.2, 0.25) is 5.91 Å². The molecule has 0 spiro atoms. The van der Waals surface area contributed by atoms with Crippen molar-refractivity contribution < 1.29 is 9.59 Å². The molecule has 2 amide bonds. The molecule has 6 heteroatoms. The highest BCUT2D eigenvalue weighted by atomic mass is 16.2. The topological polar surface area (TPSA) is 78.1 Å². The number of carbonyl (C=O) groups is 2. The second-order valence-electron chi connectivity index (χ2n) is 6.58. The number of hydrogen-bond donors (Lipinski definition) is 2. The van der Waals surface area contributed by atoms with E-state index >= 15 is 0 Å². The Bertz CT molecular complexity index is 742. The molecule has 1 fully saturated rings. The van der Waals surface area contributed by atoms with Crippen LogP contribution in [0.2, 0.25) is 0 Å². The van der Waals surface area contributed by atoms with E-state index in [0.29, 0.717) is 24.6 Å². The summed E-state index contributed by atoms with van der Waals surface area (Å²) in [6.45, 7) is 4.90. The Labute approximate surface area is 147 Å². The van der Waals surface area contributed by atoms with E-state index in [1.165, 1.54) is 6.92 Å². The first-order valence-electron chi connectivity index (χ1n) is 8.74. The number of benzene rings is 1. The zero-order valence-corrected chi connectivity index (χ0v) is 14.7. The lowest BCUT2D eigenvalue weighted by Crippen LogP contribution is -2.39. The molecule has 25 heavy (non-hydrogen) atoms. The van der Waals surface area contributed by atoms with Gasteiger partial charge in [0.1, 0.15) is 5.82 Å². The zero-order chi connectivity index (χ0) is 17.8. The van der Waals surface area contributed by atoms with Gasteiger partial charge in [-0.2, -0.15) is 0 Å². The normalized spacial score (nSPS) is 19.8. The first kappa shape index (κ1) is 17.2. The number of hydrogen-bond acceptors (Lipinski definition) is 3. The molecule has 0 bridgehead atoms. The van der Waals surface area contributed by atoms with Crippen LogP contribution in [-0.4, -0.2) is 45.8 Å². The van der Waals surface area contributed by atoms with Gasteiger partial charge in [0.05, 0.1) is 6.04 Å². The van der Waals surface area contributed by atoms with Crippen molar-refractivity contribution in [2.75, 3.05) is 13.1 Å². The first-order valence-corrected chi connectivity index (χ1v) is 8.74. The van der Waals surface area contributed by atoms with Crippen LogP contribution in [0.5, 0.6) is 0 Å². The molecule has 0 radical (unpaired) electrons. The second kappa shape index (κ2) is 7.51. The number of nitrogens with zero attached hydrogens (tertiary/aromatic N) is 2. The summed E-state index contributed by atoms with van der Waals surface area (Å²) in [6.07, 6.45) is 5.49. The fourth-order valence-electron chi connectivity index (χ4n) is 3.53. The smallest absolute Gasteiger partial charge is 0.253 e. The second-order valence-corrected chi connectivity index (χ2v) is 6.58. The Hall–Kier alpha value is -2.63. The van der Waals surface area contributed by atoms with Crippen LogP contribution in [0.3, 0.4) is 0 Å². The minimum atomic E-state index is -0.0415. The van der Waals surface area contributed by atoms with Gasteiger partial charge in [-0.05, 0) is 24.5 Å². The molecular formula is C19H24N4O2. The fourth-order valence-corrected chi connectivity index (χ4v) is 3.53. The molecule has 1 saturated heterocycles. The average Bonchev–Trinajstić information content (AvgIpc) is 3.25. The standard InChI is InChI=1S/C19H24N4O2/c1-3-5-16-11-23(12-17(16)22-13(2)24)19(25)15-7-4-6-14(10-15)18-20-8-9-21-18/h4,6-10,16-17H,3,5,11-12H2,1-2H3,(H,20,21)(H,22,24)/t16-,17-/m1/s1. The summed E-state index contributed by atoms with van der Waals surface area (Å²) < 4.78 is 0. The molecule has 2 N–H and O–H groups in total. The van der Waals surface area contributed by atoms with E-state index in [9.17, 15) is 9.59 Å². The van der Waals surface area contributed by atoms with Crippen LogP contribution in [-0.2, 0) is 4.79 Å². The summed E-state index contributed by atoms with van der Waals surface area (Å²) in [4.78, 5) is 33.5. The number of imidazole rings is 1. The van der Waals surface area contributed by atoms with Crippen molar-refractivity contribution in [2.45, 2.75) is 32.7 Å². The molecule has 6 nitrogen and oxygen atoms in total. The molecule has 0 aliphatic carbocycles. The van der Waals surface area contributed by atoms with E-state index in [-0.39, 0.29) is 17.9 Å². The van der Waals surface area contributed by atoms with Gasteiger partial charge in [0, 0.05) is 43.5 Å². The van der Waals surface area contributed by atoms with Gasteiger partial charge in [-0.15, -0.1) is 0 Å². The maximum Gasteiger partial charge on any atom is 0.253 e. The summed E-state index contributed by atoms with van der Waals surface area (Å²) in [5, 5.41) is 3.00. The van der Waals surface area contributed by atoms with Crippen molar-refractivity contribution in [3.63, 3.8) is 0 Å². The third kappa shape index (κ3) is 3.90. The number of nitrogens with one attached hydrogen (secondary N) is 2. The van der Waals surface area contributed by atoms with E-state index in [4.69, 9.17) is 0 Å². The molecule has 2 heterocycles. The lowest BCUT2D eigenvalue weighted by molar-refractivity contribution is -0.119. The lowest BCUT2D eigenvalue weighted by Gasteiger charge is -2.17. The Morgan fingerprint density at radius 3 is 2.88 bits per heavy atom. The first-order chi connectivity index (χ1) is 12.1. The van der Waals surface area contributed by atoms with Crippen molar-refractivity contribution >= 4 is 11.8 Å². The van der Waals surface area contributed by atoms with Crippen LogP contribution in [0.15, 0.2) is 36.7 Å². The Morgan fingerprint density at radius 1 is 1.36 bits per heavy atom. The van der Waals surface area contributed by atoms with E-state index in [1.807, 2.05) is 29.2 Å². The number of likely N-dealkylation sites (tertiary alicyclic amines) is 1. The maximum atomic E-state index is 12.9. The molecule has 3 rings (SSSR count). The van der Waals surface area contributed by atoms with Crippen LogP contribution in [0, 0.1) is 5.92 Å². The summed E-state index contributed by atoms with van der Waals surface area (Å²) in [5.74, 6) is 1.02. The molecule has 1 aromatic carbocycles. The minimum Gasteiger partial charge on any atom is -0.351 e. The fraction of sp³-hybridized carbons (Fsp3) is 0.421. The van der Waals surface area contributed by atoms with Crippen LogP contribution in [0.1, 0.15) is 37.0 Å². The number of H-pyrrole nitrogens is 1. The van der Waals surface area contributed by atoms with Crippen LogP contribution in [0.4, 0.5) is 0 Å². The number of aromatic amines is 1. The summed E-state index contributed by atoms with van der Waals surface area (Å²) in [5.41, 5.74) is 1.53. The molecule has 2 atom stereocenters. The van der Waals surface area contributed by atoms with Gasteiger partial charge in [-0.3, -0.25) is 9.59 Å². The molecule has 0 unspecified atom stereocenters. The van der Waals surface area contributed by atoms with E-state index < -0.39 is 0 Å². The van der Waals surface area contributed by atoms with Gasteiger partial charge in [-0.1, -0.05) is 25.5 Å². The van der Waals surface area contributed by atoms with Crippen molar-refractivity contribution in [1.82, 2.24) is 20.2 Å². The van der Waals surface area contributed by atoms with Gasteiger partial charge >= 0.3 is 0 Å². The van der Waals surface area contributed by atoms with Crippen molar-refractivity contribution in [3.8, 4) is 11.4 Å². The van der Waals surface area contributed by atoms with Crippen molar-refractivity contribution in [3.05, 3.63) is 42.2 Å². The van der Waals surface area contributed by atoms with Crippen LogP contribution < -0.4 is 5.32 Å². The van der Waals surface area contributed by atoms with Crippen molar-refractivity contribution in [1.29, 1.82) is 0 Å². The summed E-state index contributed by atoms with van der Waals surface area (Å²) in [7, 11) is 0. The molecule has 0 saturated carbocycles. The predicted molar refractivity (Wildman–Crippen MR) is 95.9 cm³/mol. The summed E-state index contributed by atoms with van der Waals surface area (Å²) >= 11 is 0. The third-order valence-corrected chi connectivity index (χ3v) is 4.66. The number of carbonyl (C=O) groups excluding carboxylic acids is 2. The zero-order valence-electron chi connectivity index (χ0n) is 14.7. The highest BCUT2D eigenvalue weighted by molar-refractivity contribution is 5.95. The van der Waals surface area contributed by atoms with Gasteiger partial charge < -0.3 is 15.2 Å². The highest BCUT2D eigenvalue weighted by Crippen LogP contribution is 2.24. The van der Waals surface area contributed by atoms with E-state index in [2.05, 4.69) is 22.2 Å². The average molecular weight is 340 g/mol. The predicted octanol–water partition coefficient (Wildman–Crippen LogP) is 2.45. The molecule has 132 valence electrons. The van der Waals surface area contributed by atoms with Gasteiger partial charge in [-0.25, -0.2) is 4.98 Å². The quantitative estimate of drug-likeness (QED) is 0.877. The SMILES string of the molecule is CCC[C@@H]1CN(C(=O)c2cccc(-c3ncc[nH]3)c2)C[C@H]1NC(C)=O. The highest BCUT2D eigenvalue weighted by Gasteiger charge is 2.35. The van der Waals surface area contributed by atoms with Crippen molar-refractivity contribution in [2.24, 2.45) is 5.92 Å². The number of amides is 2. The van der Waals surface area contributed by atoms with Crippen LogP contribution >= 0.6 is 0 Å². The number of aromatic nitrogens is 2. The Morgan fingerprint density at radius 2 is 2.20 bits per heavy atom. The van der Waals surface area contributed by atoms with Crippen LogP contribution in [0.25, 0.3) is 11.4 Å².